The third-order valence-corrected chi connectivity index (χ3v) is 5.41. The molecule has 0 atom stereocenters. The van der Waals surface area contributed by atoms with Crippen molar-refractivity contribution in [3.8, 4) is 0 Å². The Morgan fingerprint density at radius 1 is 1.21 bits per heavy atom. The Kier molecular flexibility index (Phi) is 4.71. The first-order valence-electron chi connectivity index (χ1n) is 8.96. The van der Waals surface area contributed by atoms with E-state index in [4.69, 9.17) is 11.6 Å². The second-order valence-electron chi connectivity index (χ2n) is 7.19. The smallest absolute Gasteiger partial charge is 0.320 e. The van der Waals surface area contributed by atoms with Crippen LogP contribution in [0.4, 0.5) is 13.2 Å². The Morgan fingerprint density at radius 3 is 2.68 bits per heavy atom. The third kappa shape index (κ3) is 3.42. The van der Waals surface area contributed by atoms with Gasteiger partial charge in [-0.25, -0.2) is 0 Å². The molecule has 1 aromatic carbocycles. The highest BCUT2D eigenvalue weighted by Gasteiger charge is 2.32. The number of alkyl halides is 3. The van der Waals surface area contributed by atoms with E-state index in [1.165, 1.54) is 23.5 Å². The van der Waals surface area contributed by atoms with Crippen LogP contribution >= 0.6 is 11.6 Å². The van der Waals surface area contributed by atoms with Crippen LogP contribution < -0.4 is 0 Å². The lowest BCUT2D eigenvalue weighted by molar-refractivity contribution is -0.141. The quantitative estimate of drug-likeness (QED) is 0.544. The second-order valence-corrected chi connectivity index (χ2v) is 7.62. The molecule has 1 aliphatic heterocycles. The van der Waals surface area contributed by atoms with Crippen LogP contribution in [-0.2, 0) is 19.1 Å². The van der Waals surface area contributed by atoms with Gasteiger partial charge >= 0.3 is 6.18 Å². The minimum absolute atomic E-state index is 0.658. The van der Waals surface area contributed by atoms with Crippen LogP contribution in [0.25, 0.3) is 22.7 Å². The molecule has 2 aromatic heterocycles. The van der Waals surface area contributed by atoms with Crippen molar-refractivity contribution in [3.63, 3.8) is 0 Å². The molecule has 0 fully saturated rings. The molecule has 0 N–H and O–H groups in total. The second kappa shape index (κ2) is 6.94. The van der Waals surface area contributed by atoms with Crippen LogP contribution in [0.1, 0.15) is 29.4 Å². The molecular weight excluding hydrogens is 387 g/mol. The van der Waals surface area contributed by atoms with Crippen molar-refractivity contribution in [1.82, 2.24) is 14.5 Å². The summed E-state index contributed by atoms with van der Waals surface area (Å²) in [6, 6.07) is 8.31. The van der Waals surface area contributed by atoms with Gasteiger partial charge in [-0.2, -0.15) is 13.2 Å². The van der Waals surface area contributed by atoms with Gasteiger partial charge in [-0.1, -0.05) is 17.7 Å². The molecule has 0 aliphatic carbocycles. The molecule has 0 saturated heterocycles. The van der Waals surface area contributed by atoms with Crippen molar-refractivity contribution in [2.45, 2.75) is 26.1 Å². The largest absolute Gasteiger partial charge is 0.433 e. The Hall–Kier alpha value is -2.31. The van der Waals surface area contributed by atoms with Crippen molar-refractivity contribution in [2.75, 3.05) is 13.6 Å². The van der Waals surface area contributed by atoms with Gasteiger partial charge in [0.1, 0.15) is 5.69 Å². The number of likely N-dealkylation sites (N-methyl/N-ethyl adjacent to an activating group) is 1. The summed E-state index contributed by atoms with van der Waals surface area (Å²) in [5, 5.41) is 1.80. The van der Waals surface area contributed by atoms with Crippen LogP contribution in [0, 0.1) is 0 Å². The summed E-state index contributed by atoms with van der Waals surface area (Å²) in [6.07, 6.45) is -0.285. The summed E-state index contributed by atoms with van der Waals surface area (Å²) < 4.78 is 40.4. The Balaban J connectivity index is 1.81. The molecule has 3 nitrogen and oxygen atoms in total. The van der Waals surface area contributed by atoms with Crippen LogP contribution in [0.5, 0.6) is 0 Å². The highest BCUT2D eigenvalue weighted by Crippen LogP contribution is 2.34. The first-order chi connectivity index (χ1) is 13.2. The standard InChI is InChI=1S/C21H19ClF3N3/c1-13(14-3-6-20(26-10-14)21(23,24)25)11-28-18-5-4-15(22)9-16(18)17-12-27(2)8-7-19(17)28/h3-6,9-11H,7-8,12H2,1-2H3. The number of benzene rings is 1. The number of halogens is 4. The average molecular weight is 406 g/mol. The van der Waals surface area contributed by atoms with Crippen molar-refractivity contribution in [1.29, 1.82) is 0 Å². The number of pyridine rings is 1. The summed E-state index contributed by atoms with van der Waals surface area (Å²) in [4.78, 5) is 5.84. The first-order valence-corrected chi connectivity index (χ1v) is 9.33. The fourth-order valence-electron chi connectivity index (χ4n) is 3.71. The van der Waals surface area contributed by atoms with E-state index >= 15 is 0 Å². The maximum Gasteiger partial charge on any atom is 0.433 e. The number of aromatic nitrogens is 2. The van der Waals surface area contributed by atoms with E-state index in [0.717, 1.165) is 42.1 Å². The normalized spacial score (nSPS) is 15.9. The summed E-state index contributed by atoms with van der Waals surface area (Å²) in [5.41, 5.74) is 4.13. The zero-order valence-corrected chi connectivity index (χ0v) is 16.3. The van der Waals surface area contributed by atoms with Gasteiger partial charge in [0.25, 0.3) is 0 Å². The molecule has 0 saturated carbocycles. The van der Waals surface area contributed by atoms with E-state index < -0.39 is 11.9 Å². The van der Waals surface area contributed by atoms with Crippen LogP contribution in [0.3, 0.4) is 0 Å². The lowest BCUT2D eigenvalue weighted by atomic mass is 10.1. The van der Waals surface area contributed by atoms with Gasteiger partial charge in [-0.05, 0) is 54.9 Å². The van der Waals surface area contributed by atoms with E-state index in [0.29, 0.717) is 10.6 Å². The molecular formula is C21H19ClF3N3. The Labute approximate surface area is 166 Å². The fraction of sp³-hybridized carbons (Fsp3) is 0.286. The maximum atomic E-state index is 12.8. The lowest BCUT2D eigenvalue weighted by Crippen LogP contribution is -2.26. The highest BCUT2D eigenvalue weighted by atomic mass is 35.5. The predicted octanol–water partition coefficient (Wildman–Crippen LogP) is 5.71. The number of hydrogen-bond acceptors (Lipinski definition) is 2. The average Bonchev–Trinajstić information content (AvgIpc) is 2.93. The molecule has 0 bridgehead atoms. The molecule has 146 valence electrons. The van der Waals surface area contributed by atoms with E-state index in [1.807, 2.05) is 31.3 Å². The molecule has 0 spiro atoms. The Bertz CT molecular complexity index is 1070. The monoisotopic (exact) mass is 405 g/mol. The third-order valence-electron chi connectivity index (χ3n) is 5.17. The minimum atomic E-state index is -4.43. The summed E-state index contributed by atoms with van der Waals surface area (Å²) in [5.74, 6) is 0. The zero-order valence-electron chi connectivity index (χ0n) is 15.5. The van der Waals surface area contributed by atoms with Gasteiger partial charge in [-0.15, -0.1) is 0 Å². The molecule has 28 heavy (non-hydrogen) atoms. The SMILES string of the molecule is CC(=Cn1c2c(c3cc(Cl)ccc31)CN(C)CC2)c1ccc(C(F)(F)F)nc1. The maximum absolute atomic E-state index is 12.8. The number of hydrogen-bond donors (Lipinski definition) is 0. The Morgan fingerprint density at radius 2 is 2.00 bits per heavy atom. The van der Waals surface area contributed by atoms with E-state index in [1.54, 1.807) is 0 Å². The molecule has 3 aromatic rings. The van der Waals surface area contributed by atoms with Gasteiger partial charge in [0.2, 0.25) is 0 Å². The predicted molar refractivity (Wildman–Crippen MR) is 106 cm³/mol. The molecule has 3 heterocycles. The minimum Gasteiger partial charge on any atom is -0.320 e. The van der Waals surface area contributed by atoms with Crippen LogP contribution in [0.15, 0.2) is 36.5 Å². The van der Waals surface area contributed by atoms with E-state index in [-0.39, 0.29) is 0 Å². The van der Waals surface area contributed by atoms with Gasteiger partial charge in [0.05, 0.1) is 5.52 Å². The molecule has 7 heteroatoms. The van der Waals surface area contributed by atoms with Gasteiger partial charge < -0.3 is 9.47 Å². The summed E-state index contributed by atoms with van der Waals surface area (Å²) in [7, 11) is 2.09. The van der Waals surface area contributed by atoms with Crippen molar-refractivity contribution < 1.29 is 13.2 Å². The summed E-state index contributed by atoms with van der Waals surface area (Å²) >= 11 is 6.22. The van der Waals surface area contributed by atoms with Crippen LogP contribution in [0.2, 0.25) is 5.02 Å². The lowest BCUT2D eigenvalue weighted by Gasteiger charge is -2.23. The van der Waals surface area contributed by atoms with Gasteiger partial charge in [-0.3, -0.25) is 4.98 Å². The molecule has 0 radical (unpaired) electrons. The van der Waals surface area contributed by atoms with Gasteiger partial charge in [0, 0.05) is 48.0 Å². The number of nitrogens with zero attached hydrogens (tertiary/aromatic N) is 3. The number of rotatable bonds is 2. The molecule has 0 amide bonds. The number of fused-ring (bicyclic) bond motifs is 3. The highest BCUT2D eigenvalue weighted by molar-refractivity contribution is 6.31. The topological polar surface area (TPSA) is 21.1 Å². The van der Waals surface area contributed by atoms with Crippen LogP contribution in [-0.4, -0.2) is 28.0 Å². The van der Waals surface area contributed by atoms with Crippen molar-refractivity contribution >= 4 is 34.3 Å². The summed E-state index contributed by atoms with van der Waals surface area (Å²) in [6.45, 7) is 3.67. The van der Waals surface area contributed by atoms with Gasteiger partial charge in [0.15, 0.2) is 0 Å². The molecule has 0 unspecified atom stereocenters. The molecule has 1 aliphatic rings. The first kappa shape index (κ1) is 19.0. The van der Waals surface area contributed by atoms with Crippen molar-refractivity contribution in [2.24, 2.45) is 0 Å². The zero-order chi connectivity index (χ0) is 20.1. The van der Waals surface area contributed by atoms with E-state index in [9.17, 15) is 13.2 Å². The fourth-order valence-corrected chi connectivity index (χ4v) is 3.88. The number of allylic oxidation sites excluding steroid dienone is 1. The molecule has 4 rings (SSSR count). The van der Waals surface area contributed by atoms with E-state index in [2.05, 4.69) is 21.5 Å². The van der Waals surface area contributed by atoms with Crippen molar-refractivity contribution in [3.05, 3.63) is 64.1 Å².